The lowest BCUT2D eigenvalue weighted by atomic mass is 9.70. The lowest BCUT2D eigenvalue weighted by molar-refractivity contribution is -0.00494. The van der Waals surface area contributed by atoms with Crippen molar-refractivity contribution in [1.29, 1.82) is 0 Å². The van der Waals surface area contributed by atoms with E-state index in [1.54, 1.807) is 0 Å². The summed E-state index contributed by atoms with van der Waals surface area (Å²) < 4.78 is 5.57. The standard InChI is InChI=1S/C11H17NO/c1-12(6-2-3-6)9-4-8-7(9)5-10-11(8)13-10/h6-11H,2-5H2,1H3/t7-,8-,9+,10-,11+/m1/s1. The first kappa shape index (κ1) is 7.24. The van der Waals surface area contributed by atoms with Crippen LogP contribution in [0.1, 0.15) is 25.7 Å². The molecule has 3 saturated carbocycles. The van der Waals surface area contributed by atoms with Crippen LogP contribution >= 0.6 is 0 Å². The topological polar surface area (TPSA) is 15.8 Å². The zero-order valence-corrected chi connectivity index (χ0v) is 8.15. The third kappa shape index (κ3) is 0.861. The molecule has 2 nitrogen and oxygen atoms in total. The number of ether oxygens (including phenoxy) is 1. The van der Waals surface area contributed by atoms with Crippen molar-refractivity contribution in [2.75, 3.05) is 7.05 Å². The van der Waals surface area contributed by atoms with Gasteiger partial charge in [-0.2, -0.15) is 0 Å². The van der Waals surface area contributed by atoms with Crippen LogP contribution in [0.3, 0.4) is 0 Å². The van der Waals surface area contributed by atoms with Gasteiger partial charge in [0.05, 0.1) is 12.2 Å². The molecule has 1 aliphatic heterocycles. The lowest BCUT2D eigenvalue weighted by Crippen LogP contribution is -2.51. The first-order chi connectivity index (χ1) is 6.34. The number of fused-ring (bicyclic) bond motifs is 3. The highest BCUT2D eigenvalue weighted by Crippen LogP contribution is 2.58. The Morgan fingerprint density at radius 2 is 2.00 bits per heavy atom. The Morgan fingerprint density at radius 3 is 2.69 bits per heavy atom. The first-order valence-corrected chi connectivity index (χ1v) is 5.72. The number of hydrogen-bond acceptors (Lipinski definition) is 2. The molecule has 13 heavy (non-hydrogen) atoms. The van der Waals surface area contributed by atoms with E-state index in [4.69, 9.17) is 4.74 Å². The van der Waals surface area contributed by atoms with Crippen molar-refractivity contribution in [3.63, 3.8) is 0 Å². The minimum Gasteiger partial charge on any atom is -0.369 e. The highest BCUT2D eigenvalue weighted by Gasteiger charge is 2.63. The van der Waals surface area contributed by atoms with Crippen LogP contribution in [0, 0.1) is 11.8 Å². The van der Waals surface area contributed by atoms with Crippen molar-refractivity contribution in [2.45, 2.75) is 50.0 Å². The van der Waals surface area contributed by atoms with Crippen LogP contribution in [0.25, 0.3) is 0 Å². The second-order valence-electron chi connectivity index (χ2n) is 5.40. The van der Waals surface area contributed by atoms with Gasteiger partial charge in [0, 0.05) is 12.1 Å². The predicted octanol–water partition coefficient (Wildman–Crippen LogP) is 1.26. The summed E-state index contributed by atoms with van der Waals surface area (Å²) in [6, 6.07) is 1.87. The molecule has 1 saturated heterocycles. The van der Waals surface area contributed by atoms with Crippen LogP contribution in [0.15, 0.2) is 0 Å². The van der Waals surface area contributed by atoms with Gasteiger partial charge in [-0.1, -0.05) is 0 Å². The number of nitrogens with zero attached hydrogens (tertiary/aromatic N) is 1. The molecule has 72 valence electrons. The molecule has 4 aliphatic rings. The molecule has 5 atom stereocenters. The van der Waals surface area contributed by atoms with Crippen molar-refractivity contribution >= 4 is 0 Å². The van der Waals surface area contributed by atoms with Gasteiger partial charge >= 0.3 is 0 Å². The summed E-state index contributed by atoms with van der Waals surface area (Å²) in [6.45, 7) is 0. The van der Waals surface area contributed by atoms with Crippen LogP contribution in [-0.4, -0.2) is 36.2 Å². The minimum atomic E-state index is 0.688. The summed E-state index contributed by atoms with van der Waals surface area (Å²) in [4.78, 5) is 2.66. The molecule has 1 heterocycles. The summed E-state index contributed by atoms with van der Waals surface area (Å²) in [5.41, 5.74) is 0. The van der Waals surface area contributed by atoms with E-state index in [2.05, 4.69) is 11.9 Å². The lowest BCUT2D eigenvalue weighted by Gasteiger charge is -2.47. The molecule has 3 aliphatic carbocycles. The van der Waals surface area contributed by atoms with Crippen LogP contribution in [0.4, 0.5) is 0 Å². The molecule has 0 aromatic carbocycles. The minimum absolute atomic E-state index is 0.688. The number of epoxide rings is 1. The Morgan fingerprint density at radius 1 is 1.15 bits per heavy atom. The SMILES string of the molecule is CN(C1CC1)[C@H]1C[C@@H]2[C@H]1C[C@H]1O[C@@H]21. The predicted molar refractivity (Wildman–Crippen MR) is 49.4 cm³/mol. The highest BCUT2D eigenvalue weighted by molar-refractivity contribution is 5.13. The molecule has 0 aromatic rings. The summed E-state index contributed by atoms with van der Waals surface area (Å²) in [5.74, 6) is 1.96. The molecule has 4 rings (SSSR count). The smallest absolute Gasteiger partial charge is 0.0873 e. The fourth-order valence-electron chi connectivity index (χ4n) is 3.64. The largest absolute Gasteiger partial charge is 0.369 e. The van der Waals surface area contributed by atoms with Gasteiger partial charge < -0.3 is 9.64 Å². The van der Waals surface area contributed by atoms with Gasteiger partial charge in [0.2, 0.25) is 0 Å². The molecule has 0 spiro atoms. The van der Waals surface area contributed by atoms with Crippen LogP contribution < -0.4 is 0 Å². The quantitative estimate of drug-likeness (QED) is 0.593. The zero-order valence-electron chi connectivity index (χ0n) is 8.15. The maximum atomic E-state index is 5.57. The molecule has 0 amide bonds. The molecule has 0 aromatic heterocycles. The molecule has 0 radical (unpaired) electrons. The fraction of sp³-hybridized carbons (Fsp3) is 1.00. The average Bonchev–Trinajstić information content (AvgIpc) is 2.96. The van der Waals surface area contributed by atoms with Gasteiger partial charge in [0.15, 0.2) is 0 Å². The van der Waals surface area contributed by atoms with Crippen molar-refractivity contribution in [2.24, 2.45) is 11.8 Å². The maximum Gasteiger partial charge on any atom is 0.0873 e. The monoisotopic (exact) mass is 179 g/mol. The summed E-state index contributed by atoms with van der Waals surface area (Å²) >= 11 is 0. The van der Waals surface area contributed by atoms with Crippen molar-refractivity contribution in [1.82, 2.24) is 4.90 Å². The van der Waals surface area contributed by atoms with E-state index in [1.807, 2.05) is 0 Å². The molecule has 2 heteroatoms. The molecule has 0 unspecified atom stereocenters. The van der Waals surface area contributed by atoms with E-state index in [0.29, 0.717) is 12.2 Å². The first-order valence-electron chi connectivity index (χ1n) is 5.72. The summed E-state index contributed by atoms with van der Waals surface area (Å²) in [6.07, 6.45) is 7.10. The van der Waals surface area contributed by atoms with Crippen molar-refractivity contribution in [3.8, 4) is 0 Å². The van der Waals surface area contributed by atoms with Gasteiger partial charge in [0.1, 0.15) is 0 Å². The van der Waals surface area contributed by atoms with Gasteiger partial charge in [-0.3, -0.25) is 0 Å². The highest BCUT2D eigenvalue weighted by atomic mass is 16.6. The van der Waals surface area contributed by atoms with Gasteiger partial charge in [-0.15, -0.1) is 0 Å². The molecule has 0 N–H and O–H groups in total. The van der Waals surface area contributed by atoms with Crippen molar-refractivity contribution in [3.05, 3.63) is 0 Å². The molecular weight excluding hydrogens is 162 g/mol. The Kier molecular flexibility index (Phi) is 1.18. The van der Waals surface area contributed by atoms with E-state index in [-0.39, 0.29) is 0 Å². The van der Waals surface area contributed by atoms with Gasteiger partial charge in [-0.25, -0.2) is 0 Å². The molecular formula is C11H17NO. The van der Waals surface area contributed by atoms with E-state index in [0.717, 1.165) is 23.9 Å². The van der Waals surface area contributed by atoms with E-state index in [9.17, 15) is 0 Å². The Hall–Kier alpha value is -0.0800. The Balaban J connectivity index is 1.47. The van der Waals surface area contributed by atoms with E-state index in [1.165, 1.54) is 25.7 Å². The second-order valence-corrected chi connectivity index (χ2v) is 5.40. The van der Waals surface area contributed by atoms with E-state index < -0.39 is 0 Å². The molecule has 0 bridgehead atoms. The van der Waals surface area contributed by atoms with Gasteiger partial charge in [-0.05, 0) is 44.6 Å². The van der Waals surface area contributed by atoms with Crippen LogP contribution in [0.5, 0.6) is 0 Å². The summed E-state index contributed by atoms with van der Waals surface area (Å²) in [7, 11) is 2.34. The fourth-order valence-corrected chi connectivity index (χ4v) is 3.64. The second kappa shape index (κ2) is 2.12. The maximum absolute atomic E-state index is 5.57. The third-order valence-electron chi connectivity index (χ3n) is 4.75. The van der Waals surface area contributed by atoms with Crippen LogP contribution in [0.2, 0.25) is 0 Å². The van der Waals surface area contributed by atoms with Gasteiger partial charge in [0.25, 0.3) is 0 Å². The Bertz CT molecular complexity index is 250. The Labute approximate surface area is 79.2 Å². The molecule has 4 fully saturated rings. The van der Waals surface area contributed by atoms with Crippen LogP contribution in [-0.2, 0) is 4.74 Å². The van der Waals surface area contributed by atoms with E-state index >= 15 is 0 Å². The summed E-state index contributed by atoms with van der Waals surface area (Å²) in [5, 5.41) is 0. The zero-order chi connectivity index (χ0) is 8.58. The number of rotatable bonds is 2. The normalized spacial score (nSPS) is 57.2. The number of hydrogen-bond donors (Lipinski definition) is 0. The third-order valence-corrected chi connectivity index (χ3v) is 4.75. The van der Waals surface area contributed by atoms with Crippen molar-refractivity contribution < 1.29 is 4.74 Å². The average molecular weight is 179 g/mol.